The highest BCUT2D eigenvalue weighted by Gasteiger charge is 1.94. The largest absolute Gasteiger partial charge is 0.377 e. The van der Waals surface area contributed by atoms with Crippen LogP contribution in [0.3, 0.4) is 0 Å². The number of allylic oxidation sites excluding steroid dienone is 1. The molecule has 0 fully saturated rings. The van der Waals surface area contributed by atoms with Gasteiger partial charge in [0.2, 0.25) is 0 Å². The maximum absolute atomic E-state index is 9.28. The van der Waals surface area contributed by atoms with Gasteiger partial charge in [-0.05, 0) is 19.9 Å². The highest BCUT2D eigenvalue weighted by atomic mass is 16.5. The van der Waals surface area contributed by atoms with Crippen LogP contribution in [0.1, 0.15) is 41.0 Å². The van der Waals surface area contributed by atoms with Crippen LogP contribution in [-0.2, 0) is 9.53 Å². The molecule has 0 rings (SSSR count). The third-order valence-electron chi connectivity index (χ3n) is 1.57. The maximum Gasteiger partial charge on any atom is 0.145 e. The zero-order valence-electron chi connectivity index (χ0n) is 11.7. The smallest absolute Gasteiger partial charge is 0.145 e. The second-order valence-electron chi connectivity index (χ2n) is 2.72. The second kappa shape index (κ2) is 23.9. The van der Waals surface area contributed by atoms with Crippen molar-refractivity contribution in [1.82, 2.24) is 5.32 Å². The fourth-order valence-electron chi connectivity index (χ4n) is 0.911. The van der Waals surface area contributed by atoms with Crippen LogP contribution in [0.25, 0.3) is 0 Å². The molecule has 1 unspecified atom stereocenters. The lowest BCUT2D eigenvalue weighted by molar-refractivity contribution is -0.110. The Morgan fingerprint density at radius 1 is 1.31 bits per heavy atom. The van der Waals surface area contributed by atoms with E-state index in [2.05, 4.69) is 43.0 Å². The molecule has 0 saturated heterocycles. The first-order chi connectivity index (χ1) is 7.76. The highest BCUT2D eigenvalue weighted by molar-refractivity contribution is 5.50. The van der Waals surface area contributed by atoms with E-state index in [1.54, 1.807) is 0 Å². The summed E-state index contributed by atoms with van der Waals surface area (Å²) in [5.41, 5.74) is 0. The van der Waals surface area contributed by atoms with Crippen LogP contribution in [-0.4, -0.2) is 32.6 Å². The Morgan fingerprint density at radius 3 is 2.06 bits per heavy atom. The molecule has 0 spiro atoms. The third kappa shape index (κ3) is 23.3. The van der Waals surface area contributed by atoms with Gasteiger partial charge in [0, 0.05) is 13.2 Å². The minimum absolute atomic E-state index is 0.208. The van der Waals surface area contributed by atoms with Crippen LogP contribution < -0.4 is 5.32 Å². The average molecular weight is 231 g/mol. The quantitative estimate of drug-likeness (QED) is 0.564. The van der Waals surface area contributed by atoms with Crippen LogP contribution in [0.5, 0.6) is 0 Å². The van der Waals surface area contributed by atoms with Crippen LogP contribution in [0.15, 0.2) is 12.2 Å². The number of likely N-dealkylation sites (N-methyl/N-ethyl adjacent to an activating group) is 1. The topological polar surface area (TPSA) is 38.3 Å². The van der Waals surface area contributed by atoms with Crippen molar-refractivity contribution in [3.63, 3.8) is 0 Å². The van der Waals surface area contributed by atoms with E-state index in [1.165, 1.54) is 13.5 Å². The molecule has 3 nitrogen and oxygen atoms in total. The molecule has 0 bridgehead atoms. The fourth-order valence-corrected chi connectivity index (χ4v) is 0.911. The number of nitrogens with one attached hydrogen (secondary N) is 1. The molecule has 0 amide bonds. The first kappa shape index (κ1) is 20.7. The number of rotatable bonds is 6. The highest BCUT2D eigenvalue weighted by Crippen LogP contribution is 1.91. The molecule has 3 heteroatoms. The lowest BCUT2D eigenvalue weighted by Gasteiger charge is -2.09. The van der Waals surface area contributed by atoms with E-state index >= 15 is 0 Å². The van der Waals surface area contributed by atoms with Gasteiger partial charge in [-0.3, -0.25) is 0 Å². The summed E-state index contributed by atoms with van der Waals surface area (Å²) in [6.45, 7) is 11.6. The van der Waals surface area contributed by atoms with Gasteiger partial charge in [-0.15, -0.1) is 0 Å². The molecule has 0 radical (unpaired) electrons. The van der Waals surface area contributed by atoms with Gasteiger partial charge < -0.3 is 14.8 Å². The Bertz CT molecular complexity index is 136. The summed E-state index contributed by atoms with van der Waals surface area (Å²) in [6.07, 6.45) is 6.18. The zero-order chi connectivity index (χ0) is 13.2. The van der Waals surface area contributed by atoms with E-state index in [1.807, 2.05) is 13.8 Å². The van der Waals surface area contributed by atoms with Crippen molar-refractivity contribution >= 4 is 6.29 Å². The number of aldehydes is 1. The summed E-state index contributed by atoms with van der Waals surface area (Å²) in [5.74, 6) is 0. The number of hydrogen-bond donors (Lipinski definition) is 1. The molecule has 1 atom stereocenters. The van der Waals surface area contributed by atoms with Gasteiger partial charge in [-0.2, -0.15) is 0 Å². The van der Waals surface area contributed by atoms with E-state index in [-0.39, 0.29) is 6.61 Å². The maximum atomic E-state index is 9.28. The van der Waals surface area contributed by atoms with E-state index in [0.717, 1.165) is 6.54 Å². The summed E-state index contributed by atoms with van der Waals surface area (Å²) >= 11 is 0. The first-order valence-electron chi connectivity index (χ1n) is 6.05. The van der Waals surface area contributed by atoms with Crippen molar-refractivity contribution in [3.8, 4) is 0 Å². The molecule has 0 aliphatic rings. The van der Waals surface area contributed by atoms with Gasteiger partial charge in [0.15, 0.2) is 0 Å². The predicted molar refractivity (Wildman–Crippen MR) is 71.9 cm³/mol. The lowest BCUT2D eigenvalue weighted by Crippen LogP contribution is -2.25. The lowest BCUT2D eigenvalue weighted by atomic mass is 10.2. The van der Waals surface area contributed by atoms with Gasteiger partial charge >= 0.3 is 0 Å². The Morgan fingerprint density at radius 2 is 1.88 bits per heavy atom. The number of ether oxygens (including phenoxy) is 1. The Hall–Kier alpha value is -0.670. The number of hydrogen-bond acceptors (Lipinski definition) is 3. The van der Waals surface area contributed by atoms with Crippen molar-refractivity contribution in [2.75, 3.05) is 20.3 Å². The molecule has 0 saturated carbocycles. The van der Waals surface area contributed by atoms with E-state index < -0.39 is 0 Å². The second-order valence-corrected chi connectivity index (χ2v) is 2.72. The summed E-state index contributed by atoms with van der Waals surface area (Å²) in [4.78, 5) is 9.28. The van der Waals surface area contributed by atoms with Crippen molar-refractivity contribution < 1.29 is 9.53 Å². The summed E-state index contributed by atoms with van der Waals surface area (Å²) in [7, 11) is 1.48. The molecule has 0 aliphatic carbocycles. The van der Waals surface area contributed by atoms with Gasteiger partial charge in [0.1, 0.15) is 12.9 Å². The molecular formula is C13H29NO2. The van der Waals surface area contributed by atoms with E-state index in [4.69, 9.17) is 0 Å². The van der Waals surface area contributed by atoms with Crippen molar-refractivity contribution in [2.45, 2.75) is 47.1 Å². The third-order valence-corrected chi connectivity index (χ3v) is 1.57. The van der Waals surface area contributed by atoms with E-state index in [9.17, 15) is 4.79 Å². The van der Waals surface area contributed by atoms with Crippen molar-refractivity contribution in [3.05, 3.63) is 12.2 Å². The minimum atomic E-state index is 0.208. The summed E-state index contributed by atoms with van der Waals surface area (Å²) in [5, 5.41) is 3.35. The van der Waals surface area contributed by atoms with Crippen LogP contribution in [0.4, 0.5) is 0 Å². The number of carbonyl (C=O) groups is 1. The van der Waals surface area contributed by atoms with Gasteiger partial charge in [-0.1, -0.05) is 39.8 Å². The Labute approximate surface area is 101 Å². The van der Waals surface area contributed by atoms with Crippen LogP contribution in [0.2, 0.25) is 0 Å². The monoisotopic (exact) mass is 231 g/mol. The van der Waals surface area contributed by atoms with Gasteiger partial charge in [0.05, 0.1) is 0 Å². The SMILES string of the molecule is C/C=C\C(CC)NCC.CC.COCC=O. The Balaban J connectivity index is -0.000000205. The Kier molecular flexibility index (Phi) is 30.9. The first-order valence-corrected chi connectivity index (χ1v) is 6.05. The van der Waals surface area contributed by atoms with Crippen molar-refractivity contribution in [1.29, 1.82) is 0 Å². The van der Waals surface area contributed by atoms with E-state index in [0.29, 0.717) is 12.3 Å². The molecule has 1 N–H and O–H groups in total. The predicted octanol–water partition coefficient (Wildman–Crippen LogP) is 2.81. The molecule has 0 aliphatic heterocycles. The summed E-state index contributed by atoms with van der Waals surface area (Å²) in [6, 6.07) is 0.583. The fraction of sp³-hybridized carbons (Fsp3) is 0.769. The average Bonchev–Trinajstić information content (AvgIpc) is 2.33. The molecule has 0 aromatic heterocycles. The number of methoxy groups -OCH3 is 1. The molecule has 0 aromatic carbocycles. The van der Waals surface area contributed by atoms with Crippen LogP contribution >= 0.6 is 0 Å². The number of carbonyl (C=O) groups excluding carboxylic acids is 1. The molecule has 0 aromatic rings. The molecule has 98 valence electrons. The van der Waals surface area contributed by atoms with Gasteiger partial charge in [-0.25, -0.2) is 0 Å². The van der Waals surface area contributed by atoms with Crippen LogP contribution in [0, 0.1) is 0 Å². The summed E-state index contributed by atoms with van der Waals surface area (Å²) < 4.78 is 4.32. The standard InChI is InChI=1S/C8H17N.C3H6O2.C2H6/c1-4-7-8(5-2)9-6-3;1-5-3-2-4;1-2/h4,7-9H,5-6H2,1-3H3;2H,3H2,1H3;1-2H3/b7-4-;;. The van der Waals surface area contributed by atoms with Crippen molar-refractivity contribution in [2.24, 2.45) is 0 Å². The normalized spacial score (nSPS) is 10.9. The van der Waals surface area contributed by atoms with Gasteiger partial charge in [0.25, 0.3) is 0 Å². The minimum Gasteiger partial charge on any atom is -0.377 e. The molecular weight excluding hydrogens is 202 g/mol. The zero-order valence-corrected chi connectivity index (χ0v) is 11.7. The molecule has 0 heterocycles. The molecule has 16 heavy (non-hydrogen) atoms.